The molecule has 2 heterocycles. The molecule has 2 N–H and O–H groups in total. The normalized spacial score (nSPS) is 25.1. The summed E-state index contributed by atoms with van der Waals surface area (Å²) in [5.74, 6) is -1.05. The van der Waals surface area contributed by atoms with Crippen molar-refractivity contribution in [2.24, 2.45) is 23.7 Å². The Kier molecular flexibility index (Phi) is 9.00. The van der Waals surface area contributed by atoms with E-state index in [2.05, 4.69) is 26.8 Å². The molecule has 0 radical (unpaired) electrons. The summed E-state index contributed by atoms with van der Waals surface area (Å²) < 4.78 is 6.34. The van der Waals surface area contributed by atoms with E-state index in [1.807, 2.05) is 26.0 Å². The first-order valence-electron chi connectivity index (χ1n) is 14.4. The second-order valence-electron chi connectivity index (χ2n) is 12.0. The zero-order valence-corrected chi connectivity index (χ0v) is 24.0. The lowest BCUT2D eigenvalue weighted by Crippen LogP contribution is -2.35. The lowest BCUT2D eigenvalue weighted by atomic mass is 9.67. The number of carboxylic acids is 1. The fourth-order valence-electron chi connectivity index (χ4n) is 6.76. The van der Waals surface area contributed by atoms with Crippen molar-refractivity contribution in [1.82, 2.24) is 4.90 Å². The molecule has 3 aliphatic rings. The molecule has 0 saturated carbocycles. The van der Waals surface area contributed by atoms with Crippen molar-refractivity contribution in [3.05, 3.63) is 45.5 Å². The average Bonchev–Trinajstić information content (AvgIpc) is 3.39. The number of aryl methyl sites for hydroxylation is 2. The number of rotatable bonds is 11. The molecule has 1 aromatic rings. The molecule has 2 amide bonds. The number of imide groups is 1. The number of aliphatic carboxylic acids is 1. The van der Waals surface area contributed by atoms with Gasteiger partial charge < -0.3 is 14.9 Å². The van der Waals surface area contributed by atoms with Crippen LogP contribution in [0.4, 0.5) is 0 Å². The number of benzene rings is 1. The molecule has 2 aliphatic heterocycles. The van der Waals surface area contributed by atoms with Gasteiger partial charge in [0.1, 0.15) is 5.75 Å². The van der Waals surface area contributed by atoms with Gasteiger partial charge in [0.25, 0.3) is 0 Å². The molecule has 4 atom stereocenters. The van der Waals surface area contributed by atoms with Crippen LogP contribution < -0.4 is 0 Å². The van der Waals surface area contributed by atoms with Crippen LogP contribution in [0.25, 0.3) is 6.08 Å². The van der Waals surface area contributed by atoms with Gasteiger partial charge in [-0.25, -0.2) is 0 Å². The monoisotopic (exact) mass is 537 g/mol. The number of carboxylic acid groups (broad SMARTS) is 1. The van der Waals surface area contributed by atoms with Crippen molar-refractivity contribution in [2.45, 2.75) is 85.7 Å². The van der Waals surface area contributed by atoms with Crippen molar-refractivity contribution in [3.8, 4) is 5.75 Å². The van der Waals surface area contributed by atoms with Crippen LogP contribution in [-0.2, 0) is 19.1 Å². The van der Waals surface area contributed by atoms with Gasteiger partial charge in [-0.1, -0.05) is 37.5 Å². The molecule has 212 valence electrons. The SMILES string of the molecule is C/C(=C\c1cc(C)c(O)c(C)c1)CC[C@H]1OC[C@H]2C1=C(C(C)C)C[C@H]1C(=O)N(CCCCCC(=O)O)C(=O)[C@H]12. The highest BCUT2D eigenvalue weighted by atomic mass is 16.5. The predicted molar refractivity (Wildman–Crippen MR) is 150 cm³/mol. The van der Waals surface area contributed by atoms with Crippen LogP contribution in [0.5, 0.6) is 5.75 Å². The van der Waals surface area contributed by atoms with Crippen molar-refractivity contribution in [1.29, 1.82) is 0 Å². The number of carbonyl (C=O) groups is 3. The second kappa shape index (κ2) is 12.1. The molecule has 1 aliphatic carbocycles. The van der Waals surface area contributed by atoms with Crippen molar-refractivity contribution in [2.75, 3.05) is 13.2 Å². The Morgan fingerprint density at radius 3 is 2.41 bits per heavy atom. The summed E-state index contributed by atoms with van der Waals surface area (Å²) in [7, 11) is 0. The predicted octanol–water partition coefficient (Wildman–Crippen LogP) is 5.81. The molecule has 39 heavy (non-hydrogen) atoms. The fourth-order valence-corrected chi connectivity index (χ4v) is 6.76. The number of fused-ring (bicyclic) bond motifs is 3. The smallest absolute Gasteiger partial charge is 0.303 e. The fraction of sp³-hybridized carbons (Fsp3) is 0.594. The maximum absolute atomic E-state index is 13.5. The van der Waals surface area contributed by atoms with E-state index in [4.69, 9.17) is 9.84 Å². The number of ether oxygens (including phenoxy) is 1. The van der Waals surface area contributed by atoms with Gasteiger partial charge in [-0.2, -0.15) is 0 Å². The van der Waals surface area contributed by atoms with Gasteiger partial charge in [-0.3, -0.25) is 19.3 Å². The van der Waals surface area contributed by atoms with Crippen molar-refractivity contribution < 1.29 is 29.3 Å². The van der Waals surface area contributed by atoms with E-state index in [-0.39, 0.29) is 48.0 Å². The number of likely N-dealkylation sites (tertiary alicyclic amines) is 1. The molecule has 0 bridgehead atoms. The van der Waals surface area contributed by atoms with E-state index >= 15 is 0 Å². The zero-order valence-electron chi connectivity index (χ0n) is 24.0. The van der Waals surface area contributed by atoms with Crippen LogP contribution in [0.2, 0.25) is 0 Å². The average molecular weight is 538 g/mol. The van der Waals surface area contributed by atoms with Crippen LogP contribution in [0.1, 0.15) is 82.4 Å². The Morgan fingerprint density at radius 2 is 1.77 bits per heavy atom. The summed E-state index contributed by atoms with van der Waals surface area (Å²) in [6, 6.07) is 3.99. The summed E-state index contributed by atoms with van der Waals surface area (Å²) in [5, 5.41) is 18.9. The number of amides is 2. The van der Waals surface area contributed by atoms with Crippen LogP contribution in [0.3, 0.4) is 0 Å². The third-order valence-corrected chi connectivity index (χ3v) is 8.73. The van der Waals surface area contributed by atoms with Crippen molar-refractivity contribution >= 4 is 23.9 Å². The number of hydrogen-bond donors (Lipinski definition) is 2. The zero-order chi connectivity index (χ0) is 28.4. The summed E-state index contributed by atoms with van der Waals surface area (Å²) in [6.45, 7) is 11.1. The number of aromatic hydroxyl groups is 1. The number of allylic oxidation sites excluding steroid dienone is 2. The molecule has 1 aromatic carbocycles. The quantitative estimate of drug-likeness (QED) is 0.210. The molecule has 2 fully saturated rings. The molecule has 0 unspecified atom stereocenters. The summed E-state index contributed by atoms with van der Waals surface area (Å²) in [5.41, 5.74) is 6.56. The van der Waals surface area contributed by atoms with Crippen molar-refractivity contribution in [3.63, 3.8) is 0 Å². The minimum atomic E-state index is -0.818. The van der Waals surface area contributed by atoms with Crippen LogP contribution in [0.15, 0.2) is 28.9 Å². The largest absolute Gasteiger partial charge is 0.507 e. The van der Waals surface area contributed by atoms with E-state index in [0.29, 0.717) is 44.6 Å². The Balaban J connectivity index is 1.45. The highest BCUT2D eigenvalue weighted by molar-refractivity contribution is 6.06. The minimum absolute atomic E-state index is 0.0482. The number of carbonyl (C=O) groups excluding carboxylic acids is 2. The van der Waals surface area contributed by atoms with Crippen LogP contribution in [-0.4, -0.2) is 52.2 Å². The number of phenols is 1. The van der Waals surface area contributed by atoms with E-state index in [9.17, 15) is 19.5 Å². The Hall–Kier alpha value is -2.93. The Morgan fingerprint density at radius 1 is 1.08 bits per heavy atom. The second-order valence-corrected chi connectivity index (χ2v) is 12.0. The van der Waals surface area contributed by atoms with Crippen LogP contribution >= 0.6 is 0 Å². The van der Waals surface area contributed by atoms with Crippen LogP contribution in [0, 0.1) is 37.5 Å². The number of nitrogens with zero attached hydrogens (tertiary/aromatic N) is 1. The molecule has 4 rings (SSSR count). The maximum Gasteiger partial charge on any atom is 0.303 e. The molecule has 0 spiro atoms. The topological polar surface area (TPSA) is 104 Å². The molecular weight excluding hydrogens is 494 g/mol. The van der Waals surface area contributed by atoms with Gasteiger partial charge in [-0.05, 0) is 93.2 Å². The molecular formula is C32H43NO6. The van der Waals surface area contributed by atoms with Gasteiger partial charge >= 0.3 is 5.97 Å². The Bertz CT molecular complexity index is 1170. The summed E-state index contributed by atoms with van der Waals surface area (Å²) >= 11 is 0. The standard InChI is InChI=1S/C32H43NO6/c1-18(2)23-16-24-29(32(38)33(31(24)37)12-8-6-7-9-27(34)35)25-17-39-26(28(23)25)11-10-19(3)13-22-14-20(4)30(36)21(5)15-22/h13-15,18,24-26,29,36H,6-12,16-17H2,1-5H3,(H,34,35)/b19-13+/t24-,25+,26-,29-/m1/s1. The van der Waals surface area contributed by atoms with E-state index < -0.39 is 5.97 Å². The molecule has 2 saturated heterocycles. The minimum Gasteiger partial charge on any atom is -0.507 e. The Labute approximate surface area is 231 Å². The van der Waals surface area contributed by atoms with Gasteiger partial charge in [0.2, 0.25) is 11.8 Å². The first-order valence-corrected chi connectivity index (χ1v) is 14.4. The summed E-state index contributed by atoms with van der Waals surface area (Å²) in [4.78, 5) is 39.1. The first-order chi connectivity index (χ1) is 18.5. The van der Waals surface area contributed by atoms with Gasteiger partial charge in [0, 0.05) is 18.9 Å². The third kappa shape index (κ3) is 6.13. The molecule has 7 heteroatoms. The number of phenolic OH excluding ortho intramolecular Hbond substituents is 1. The van der Waals surface area contributed by atoms with E-state index in [1.165, 1.54) is 21.6 Å². The van der Waals surface area contributed by atoms with E-state index in [0.717, 1.165) is 29.5 Å². The van der Waals surface area contributed by atoms with Gasteiger partial charge in [0.15, 0.2) is 0 Å². The number of hydrogen-bond acceptors (Lipinski definition) is 5. The van der Waals surface area contributed by atoms with Gasteiger partial charge in [0.05, 0.1) is 24.5 Å². The molecule has 0 aromatic heterocycles. The van der Waals surface area contributed by atoms with Gasteiger partial charge in [-0.15, -0.1) is 0 Å². The maximum atomic E-state index is 13.5. The highest BCUT2D eigenvalue weighted by Crippen LogP contribution is 2.51. The van der Waals surface area contributed by atoms with E-state index in [1.54, 1.807) is 0 Å². The summed E-state index contributed by atoms with van der Waals surface area (Å²) in [6.07, 6.45) is 6.40. The number of unbranched alkanes of at least 4 members (excludes halogenated alkanes) is 2. The first kappa shape index (κ1) is 29.1. The third-order valence-electron chi connectivity index (χ3n) is 8.73. The lowest BCUT2D eigenvalue weighted by molar-refractivity contribution is -0.141. The molecule has 7 nitrogen and oxygen atoms in total. The lowest BCUT2D eigenvalue weighted by Gasteiger charge is -2.33. The highest BCUT2D eigenvalue weighted by Gasteiger charge is 2.56.